The van der Waals surface area contributed by atoms with Crippen molar-refractivity contribution in [2.75, 3.05) is 0 Å². The number of allylic oxidation sites excluding steroid dienone is 4. The summed E-state index contributed by atoms with van der Waals surface area (Å²) < 4.78 is 139. The molecule has 2 aromatic carbocycles. The Hall–Kier alpha value is -1.22. The quantitative estimate of drug-likeness (QED) is 0.123. The van der Waals surface area contributed by atoms with Crippen LogP contribution in [0.2, 0.25) is 0 Å². The fourth-order valence-corrected chi connectivity index (χ4v) is 20.9. The SMILES string of the molecule is Cc1ccc(I(OS(=O)(=O)C(F)(F)F)C2=C(I(OS(=O)(=O)C(F)(F)F)c3ccccc3)C3C=CC2C3)cc1. The molecule has 2 aliphatic carbocycles. The third kappa shape index (κ3) is 5.93. The van der Waals surface area contributed by atoms with Crippen LogP contribution < -0.4 is 0 Å². The van der Waals surface area contributed by atoms with Gasteiger partial charge in [-0.25, -0.2) is 0 Å². The summed E-state index contributed by atoms with van der Waals surface area (Å²) >= 11 is -8.03. The van der Waals surface area contributed by atoms with Crippen LogP contribution in [0.15, 0.2) is 73.9 Å². The molecule has 2 atom stereocenters. The monoisotopic (exact) mass is 810 g/mol. The molecule has 0 heterocycles. The summed E-state index contributed by atoms with van der Waals surface area (Å²) in [4.78, 5) is 0. The summed E-state index contributed by atoms with van der Waals surface area (Å²) in [5.74, 6) is -1.27. The molecular weight excluding hydrogens is 792 g/mol. The fraction of sp³-hybridized carbons (Fsp3) is 0.273. The maximum absolute atomic E-state index is 13.4. The van der Waals surface area contributed by atoms with Gasteiger partial charge in [-0.3, -0.25) is 0 Å². The number of hydrogen-bond acceptors (Lipinski definition) is 6. The van der Waals surface area contributed by atoms with Gasteiger partial charge in [0, 0.05) is 0 Å². The minimum absolute atomic E-state index is 0.115. The molecule has 2 aromatic rings. The van der Waals surface area contributed by atoms with E-state index in [1.54, 1.807) is 37.3 Å². The van der Waals surface area contributed by atoms with Crippen LogP contribution in [0.3, 0.4) is 0 Å². The maximum atomic E-state index is 13.4. The molecular formula is C22H18F6I2O6S2. The molecule has 16 heteroatoms. The van der Waals surface area contributed by atoms with Gasteiger partial charge in [0.2, 0.25) is 0 Å². The summed E-state index contributed by atoms with van der Waals surface area (Å²) in [5.41, 5.74) is -10.8. The zero-order chi connectivity index (χ0) is 28.1. The summed E-state index contributed by atoms with van der Waals surface area (Å²) in [6.07, 6.45) is 3.49. The summed E-state index contributed by atoms with van der Waals surface area (Å²) in [6, 6.07) is 13.2. The first-order chi connectivity index (χ1) is 17.5. The number of halogens is 8. The zero-order valence-electron chi connectivity index (χ0n) is 19.0. The number of rotatable bonds is 8. The summed E-state index contributed by atoms with van der Waals surface area (Å²) in [7, 11) is -12.2. The second-order valence-electron chi connectivity index (χ2n) is 8.04. The zero-order valence-corrected chi connectivity index (χ0v) is 25.0. The molecule has 0 saturated carbocycles. The van der Waals surface area contributed by atoms with Crippen LogP contribution >= 0.6 is 40.5 Å². The van der Waals surface area contributed by atoms with Gasteiger partial charge in [0.05, 0.1) is 0 Å². The Labute approximate surface area is 230 Å². The normalized spacial score (nSPS) is 20.7. The number of benzene rings is 2. The van der Waals surface area contributed by atoms with Crippen LogP contribution in [-0.2, 0) is 25.3 Å². The Kier molecular flexibility index (Phi) is 8.33. The topological polar surface area (TPSA) is 86.7 Å². The molecule has 4 rings (SSSR count). The number of aryl methyl sites for hydroxylation is 1. The Morgan fingerprint density at radius 2 is 1.08 bits per heavy atom. The standard InChI is InChI=1S/C22H18F6I2O6S2/c1-14-7-11-18(12-8-14)30(36-38(33,34)22(26,27)28)20-16-10-9-15(13-16)19(20)29(17-5-3-2-4-6-17)35-37(31,32)21(23,24)25/h2-12,15-16H,13H2,1H3. The molecule has 2 bridgehead atoms. The average molecular weight is 810 g/mol. The van der Waals surface area contributed by atoms with E-state index in [0.29, 0.717) is 0 Å². The Morgan fingerprint density at radius 3 is 1.47 bits per heavy atom. The number of alkyl halides is 6. The van der Waals surface area contributed by atoms with Crippen molar-refractivity contribution >= 4 is 60.7 Å². The molecule has 0 fully saturated rings. The van der Waals surface area contributed by atoms with E-state index in [1.807, 2.05) is 0 Å². The second-order valence-corrected chi connectivity index (χ2v) is 20.9. The van der Waals surface area contributed by atoms with Crippen molar-refractivity contribution in [3.05, 3.63) is 86.6 Å². The second kappa shape index (κ2) is 10.6. The van der Waals surface area contributed by atoms with Gasteiger partial charge >= 0.3 is 232 Å². The minimum atomic E-state index is -6.09. The molecule has 6 nitrogen and oxygen atoms in total. The van der Waals surface area contributed by atoms with Crippen LogP contribution in [0.25, 0.3) is 0 Å². The Bertz CT molecular complexity index is 1470. The molecule has 38 heavy (non-hydrogen) atoms. The van der Waals surface area contributed by atoms with Crippen molar-refractivity contribution in [1.29, 1.82) is 0 Å². The first-order valence-electron chi connectivity index (χ1n) is 10.5. The fourth-order valence-electron chi connectivity index (χ4n) is 3.64. The molecule has 0 aromatic heterocycles. The van der Waals surface area contributed by atoms with Crippen LogP contribution in [0.5, 0.6) is 0 Å². The first kappa shape index (κ1) is 29.8. The Balaban J connectivity index is 1.95. The predicted octanol–water partition coefficient (Wildman–Crippen LogP) is 7.03. The van der Waals surface area contributed by atoms with E-state index in [9.17, 15) is 43.2 Å². The van der Waals surface area contributed by atoms with Gasteiger partial charge in [-0.05, 0) is 0 Å². The van der Waals surface area contributed by atoms with E-state index in [1.165, 1.54) is 36.4 Å². The van der Waals surface area contributed by atoms with Gasteiger partial charge < -0.3 is 0 Å². The molecule has 0 N–H and O–H groups in total. The molecule has 2 aliphatic rings. The van der Waals surface area contributed by atoms with E-state index in [-0.39, 0.29) is 20.7 Å². The molecule has 0 radical (unpaired) electrons. The van der Waals surface area contributed by atoms with Gasteiger partial charge in [-0.2, -0.15) is 0 Å². The third-order valence-electron chi connectivity index (χ3n) is 5.33. The van der Waals surface area contributed by atoms with Crippen LogP contribution in [0.4, 0.5) is 26.3 Å². The van der Waals surface area contributed by atoms with Crippen molar-refractivity contribution < 1.29 is 48.2 Å². The van der Waals surface area contributed by atoms with Crippen molar-refractivity contribution in [2.24, 2.45) is 11.8 Å². The van der Waals surface area contributed by atoms with Gasteiger partial charge in [0.15, 0.2) is 0 Å². The van der Waals surface area contributed by atoms with Crippen LogP contribution in [-0.4, -0.2) is 27.9 Å². The van der Waals surface area contributed by atoms with Crippen molar-refractivity contribution in [2.45, 2.75) is 24.4 Å². The molecule has 0 amide bonds. The molecule has 0 aliphatic heterocycles. The van der Waals surface area contributed by atoms with Crippen LogP contribution in [0.1, 0.15) is 12.0 Å². The predicted molar refractivity (Wildman–Crippen MR) is 143 cm³/mol. The molecule has 0 spiro atoms. The number of fused-ring (bicyclic) bond motifs is 2. The number of hydrogen-bond donors (Lipinski definition) is 0. The Morgan fingerprint density at radius 1 is 0.684 bits per heavy atom. The van der Waals surface area contributed by atoms with E-state index in [2.05, 4.69) is 0 Å². The van der Waals surface area contributed by atoms with Crippen molar-refractivity contribution in [1.82, 2.24) is 0 Å². The van der Waals surface area contributed by atoms with E-state index in [4.69, 9.17) is 5.03 Å². The van der Waals surface area contributed by atoms with Gasteiger partial charge in [-0.15, -0.1) is 0 Å². The van der Waals surface area contributed by atoms with Gasteiger partial charge in [-0.1, -0.05) is 0 Å². The summed E-state index contributed by atoms with van der Waals surface area (Å²) in [6.45, 7) is 1.70. The molecule has 2 unspecified atom stereocenters. The first-order valence-corrected chi connectivity index (χ1v) is 19.4. The van der Waals surface area contributed by atoms with Crippen LogP contribution in [0, 0.1) is 25.9 Å². The van der Waals surface area contributed by atoms with E-state index < -0.39 is 83.6 Å². The van der Waals surface area contributed by atoms with Crippen molar-refractivity contribution in [3.8, 4) is 0 Å². The molecule has 0 saturated heterocycles. The van der Waals surface area contributed by atoms with E-state index in [0.717, 1.165) is 5.56 Å². The summed E-state index contributed by atoms with van der Waals surface area (Å²) in [5, 5.41) is 0. The van der Waals surface area contributed by atoms with Gasteiger partial charge in [0.25, 0.3) is 0 Å². The van der Waals surface area contributed by atoms with E-state index >= 15 is 0 Å². The van der Waals surface area contributed by atoms with Gasteiger partial charge in [0.1, 0.15) is 0 Å². The van der Waals surface area contributed by atoms with Crippen molar-refractivity contribution in [3.63, 3.8) is 0 Å². The average Bonchev–Trinajstić information content (AvgIpc) is 3.43. The molecule has 210 valence electrons. The third-order valence-corrected chi connectivity index (χ3v) is 21.7.